The van der Waals surface area contributed by atoms with Crippen molar-refractivity contribution in [3.8, 4) is 22.7 Å². The second-order valence-electron chi connectivity index (χ2n) is 6.49. The first kappa shape index (κ1) is 19.9. The van der Waals surface area contributed by atoms with Gasteiger partial charge >= 0.3 is 0 Å². The van der Waals surface area contributed by atoms with E-state index in [1.54, 1.807) is 37.5 Å². The van der Waals surface area contributed by atoms with E-state index in [4.69, 9.17) is 17.0 Å². The molecule has 0 aliphatic rings. The number of halogens is 2. The van der Waals surface area contributed by atoms with Gasteiger partial charge in [-0.3, -0.25) is 19.0 Å². The number of nitrogens with zero attached hydrogens (tertiary/aromatic N) is 4. The number of hydrogen-bond acceptors (Lipinski definition) is 5. The summed E-state index contributed by atoms with van der Waals surface area (Å²) in [5.41, 5.74) is 0.151. The zero-order valence-corrected chi connectivity index (χ0v) is 16.9. The van der Waals surface area contributed by atoms with Crippen LogP contribution in [-0.2, 0) is 7.05 Å². The summed E-state index contributed by atoms with van der Waals surface area (Å²) >= 11 is 5.37. The van der Waals surface area contributed by atoms with Crippen LogP contribution in [0.4, 0.5) is 8.78 Å². The molecule has 3 heterocycles. The second kappa shape index (κ2) is 7.79. The first-order valence-electron chi connectivity index (χ1n) is 9.10. The first-order valence-corrected chi connectivity index (χ1v) is 9.51. The summed E-state index contributed by atoms with van der Waals surface area (Å²) in [6.07, 6.45) is 0.284. The van der Waals surface area contributed by atoms with Crippen LogP contribution in [0.1, 0.15) is 18.9 Å². The van der Waals surface area contributed by atoms with E-state index in [1.165, 1.54) is 21.5 Å². The van der Waals surface area contributed by atoms with Crippen LogP contribution >= 0.6 is 12.2 Å². The molecule has 4 rings (SSSR count). The molecule has 0 aliphatic carbocycles. The number of pyridine rings is 1. The molecule has 0 saturated heterocycles. The van der Waals surface area contributed by atoms with Gasteiger partial charge in [-0.25, -0.2) is 13.8 Å². The highest BCUT2D eigenvalue weighted by molar-refractivity contribution is 7.71. The fourth-order valence-electron chi connectivity index (χ4n) is 3.27. The predicted octanol–water partition coefficient (Wildman–Crippen LogP) is 4.18. The predicted molar refractivity (Wildman–Crippen MR) is 111 cm³/mol. The average molecular weight is 429 g/mol. The van der Waals surface area contributed by atoms with E-state index in [1.807, 2.05) is 6.92 Å². The van der Waals surface area contributed by atoms with Crippen molar-refractivity contribution < 1.29 is 13.5 Å². The highest BCUT2D eigenvalue weighted by Crippen LogP contribution is 2.32. The minimum absolute atomic E-state index is 0.0209. The van der Waals surface area contributed by atoms with Gasteiger partial charge in [0.2, 0.25) is 0 Å². The Bertz CT molecular complexity index is 1360. The molecule has 0 fully saturated rings. The van der Waals surface area contributed by atoms with Crippen LogP contribution in [0, 0.1) is 4.77 Å². The quantitative estimate of drug-likeness (QED) is 0.482. The van der Waals surface area contributed by atoms with Gasteiger partial charge in [-0.1, -0.05) is 12.1 Å². The van der Waals surface area contributed by atoms with E-state index in [0.29, 0.717) is 23.6 Å². The Morgan fingerprint density at radius 1 is 1.30 bits per heavy atom. The number of hydrogen-bond donors (Lipinski definition) is 1. The van der Waals surface area contributed by atoms with E-state index >= 15 is 0 Å². The van der Waals surface area contributed by atoms with E-state index in [0.717, 1.165) is 0 Å². The SMILES string of the molecule is CCOc1ccccc1-n1c(=S)[nH]c(=O)c2c(C(F)F)cc(-c3cnn(C)c3)nc21. The summed E-state index contributed by atoms with van der Waals surface area (Å²) in [5.74, 6) is 0.483. The van der Waals surface area contributed by atoms with Gasteiger partial charge < -0.3 is 4.74 Å². The molecule has 4 aromatic rings. The maximum Gasteiger partial charge on any atom is 0.264 e. The third-order valence-electron chi connectivity index (χ3n) is 4.54. The van der Waals surface area contributed by atoms with Gasteiger partial charge in [-0.05, 0) is 37.3 Å². The van der Waals surface area contributed by atoms with Crippen molar-refractivity contribution in [2.24, 2.45) is 7.05 Å². The van der Waals surface area contributed by atoms with Crippen molar-refractivity contribution in [2.75, 3.05) is 6.61 Å². The lowest BCUT2D eigenvalue weighted by Crippen LogP contribution is -2.17. The zero-order valence-electron chi connectivity index (χ0n) is 16.1. The topological polar surface area (TPSA) is 77.7 Å². The number of rotatable bonds is 5. The molecule has 0 saturated carbocycles. The normalized spacial score (nSPS) is 11.4. The number of nitrogens with one attached hydrogen (secondary N) is 1. The van der Waals surface area contributed by atoms with Crippen LogP contribution in [0.25, 0.3) is 28.0 Å². The monoisotopic (exact) mass is 429 g/mol. The van der Waals surface area contributed by atoms with E-state index in [-0.39, 0.29) is 21.5 Å². The maximum atomic E-state index is 14.0. The molecule has 0 unspecified atom stereocenters. The molecule has 7 nitrogen and oxygen atoms in total. The minimum Gasteiger partial charge on any atom is -0.492 e. The second-order valence-corrected chi connectivity index (χ2v) is 6.88. The lowest BCUT2D eigenvalue weighted by molar-refractivity contribution is 0.153. The van der Waals surface area contributed by atoms with Gasteiger partial charge in [0.25, 0.3) is 12.0 Å². The highest BCUT2D eigenvalue weighted by atomic mass is 32.1. The molecule has 0 amide bonds. The molecule has 0 spiro atoms. The smallest absolute Gasteiger partial charge is 0.264 e. The van der Waals surface area contributed by atoms with Crippen molar-refractivity contribution in [1.29, 1.82) is 0 Å². The summed E-state index contributed by atoms with van der Waals surface area (Å²) in [5, 5.41) is 3.85. The molecule has 10 heteroatoms. The maximum absolute atomic E-state index is 14.0. The minimum atomic E-state index is -2.89. The van der Waals surface area contributed by atoms with Crippen LogP contribution in [0.2, 0.25) is 0 Å². The molecular weight excluding hydrogens is 412 g/mol. The molecule has 1 aromatic carbocycles. The molecule has 0 aliphatic heterocycles. The summed E-state index contributed by atoms with van der Waals surface area (Å²) < 4.78 is 36.6. The number of aryl methyl sites for hydroxylation is 1. The summed E-state index contributed by atoms with van der Waals surface area (Å²) in [6.45, 7) is 2.22. The van der Waals surface area contributed by atoms with Crippen LogP contribution in [0.15, 0.2) is 47.5 Å². The molecular formula is C20H17F2N5O2S. The van der Waals surface area contributed by atoms with E-state index in [2.05, 4.69) is 15.1 Å². The van der Waals surface area contributed by atoms with Crippen LogP contribution < -0.4 is 10.3 Å². The number of benzene rings is 1. The Labute approximate surface area is 174 Å². The fourth-order valence-corrected chi connectivity index (χ4v) is 3.55. The largest absolute Gasteiger partial charge is 0.492 e. The van der Waals surface area contributed by atoms with Gasteiger partial charge in [0, 0.05) is 24.4 Å². The Hall–Kier alpha value is -3.40. The van der Waals surface area contributed by atoms with Gasteiger partial charge in [0.1, 0.15) is 5.75 Å². The molecule has 0 atom stereocenters. The first-order chi connectivity index (χ1) is 14.4. The van der Waals surface area contributed by atoms with Gasteiger partial charge in [0.05, 0.1) is 29.6 Å². The van der Waals surface area contributed by atoms with Crippen molar-refractivity contribution in [1.82, 2.24) is 24.3 Å². The fraction of sp³-hybridized carbons (Fsp3) is 0.200. The number of ether oxygens (including phenoxy) is 1. The molecule has 1 N–H and O–H groups in total. The van der Waals surface area contributed by atoms with E-state index < -0.39 is 17.5 Å². The van der Waals surface area contributed by atoms with Crippen LogP contribution in [-0.4, -0.2) is 30.9 Å². The lowest BCUT2D eigenvalue weighted by atomic mass is 10.1. The number of fused-ring (bicyclic) bond motifs is 1. The number of aromatic amines is 1. The molecule has 30 heavy (non-hydrogen) atoms. The Morgan fingerprint density at radius 3 is 2.73 bits per heavy atom. The number of H-pyrrole nitrogens is 1. The molecule has 154 valence electrons. The molecule has 0 bridgehead atoms. The summed E-state index contributed by atoms with van der Waals surface area (Å²) in [4.78, 5) is 19.6. The summed E-state index contributed by atoms with van der Waals surface area (Å²) in [6, 6.07) is 8.21. The van der Waals surface area contributed by atoms with Crippen molar-refractivity contribution in [3.63, 3.8) is 0 Å². The third-order valence-corrected chi connectivity index (χ3v) is 4.82. The average Bonchev–Trinajstić information content (AvgIpc) is 3.14. The zero-order chi connectivity index (χ0) is 21.4. The van der Waals surface area contributed by atoms with Crippen molar-refractivity contribution in [2.45, 2.75) is 13.3 Å². The van der Waals surface area contributed by atoms with Gasteiger partial charge in [0.15, 0.2) is 10.4 Å². The van der Waals surface area contributed by atoms with Crippen LogP contribution in [0.5, 0.6) is 5.75 Å². The Balaban J connectivity index is 2.15. The third kappa shape index (κ3) is 3.39. The Kier molecular flexibility index (Phi) is 5.17. The van der Waals surface area contributed by atoms with Crippen molar-refractivity contribution in [3.05, 3.63) is 63.4 Å². The number of aromatic nitrogens is 5. The highest BCUT2D eigenvalue weighted by Gasteiger charge is 2.22. The molecule has 3 aromatic heterocycles. The molecule has 0 radical (unpaired) electrons. The summed E-state index contributed by atoms with van der Waals surface area (Å²) in [7, 11) is 1.71. The Morgan fingerprint density at radius 2 is 2.07 bits per heavy atom. The van der Waals surface area contributed by atoms with Crippen molar-refractivity contribution >= 4 is 23.3 Å². The van der Waals surface area contributed by atoms with Gasteiger partial charge in [-0.15, -0.1) is 0 Å². The van der Waals surface area contributed by atoms with Gasteiger partial charge in [-0.2, -0.15) is 5.10 Å². The number of alkyl halides is 2. The standard InChI is InChI=1S/C20H17F2N5O2S/c1-3-29-15-7-5-4-6-14(15)27-18-16(19(28)25-20(27)30)12(17(21)22)8-13(24-18)11-9-23-26(2)10-11/h4-10,17H,3H2,1-2H3,(H,25,28,30). The number of para-hydroxylation sites is 2. The van der Waals surface area contributed by atoms with Crippen LogP contribution in [0.3, 0.4) is 0 Å². The van der Waals surface area contributed by atoms with E-state index in [9.17, 15) is 13.6 Å². The lowest BCUT2D eigenvalue weighted by Gasteiger charge is -2.16.